The maximum absolute atomic E-state index is 10.9. The van der Waals surface area contributed by atoms with E-state index in [4.69, 9.17) is 10.5 Å². The van der Waals surface area contributed by atoms with Crippen molar-refractivity contribution in [3.63, 3.8) is 0 Å². The molecule has 2 rings (SSSR count). The Morgan fingerprint density at radius 2 is 2.06 bits per heavy atom. The zero-order chi connectivity index (χ0) is 13.2. The number of nitrogen functional groups attached to an aromatic ring is 1. The van der Waals surface area contributed by atoms with Crippen LogP contribution in [0.3, 0.4) is 0 Å². The van der Waals surface area contributed by atoms with Gasteiger partial charge in [0.2, 0.25) is 0 Å². The van der Waals surface area contributed by atoms with E-state index >= 15 is 0 Å². The molecule has 0 saturated carbocycles. The summed E-state index contributed by atoms with van der Waals surface area (Å²) in [5.74, 6) is 0.666. The Balaban J connectivity index is 2.20. The number of ether oxygens (including phenoxy) is 1. The molecule has 0 aromatic heterocycles. The fourth-order valence-electron chi connectivity index (χ4n) is 2.37. The lowest BCUT2D eigenvalue weighted by Crippen LogP contribution is -2.39. The van der Waals surface area contributed by atoms with Gasteiger partial charge < -0.3 is 20.3 Å². The molecule has 1 heterocycles. The molecule has 1 aromatic rings. The molecular weight excluding hydrogens is 247 g/mol. The van der Waals surface area contributed by atoms with Crippen LogP contribution in [0.25, 0.3) is 0 Å². The second kappa shape index (κ2) is 5.43. The number of anilines is 1. The van der Waals surface area contributed by atoms with Crippen molar-refractivity contribution in [1.82, 2.24) is 4.90 Å². The van der Waals surface area contributed by atoms with E-state index in [9.17, 15) is 4.89 Å². The molecule has 1 aliphatic heterocycles. The molecule has 18 heavy (non-hydrogen) atoms. The number of methoxy groups -OCH3 is 1. The van der Waals surface area contributed by atoms with E-state index in [2.05, 4.69) is 11.8 Å². The van der Waals surface area contributed by atoms with Crippen molar-refractivity contribution in [2.24, 2.45) is 0 Å². The van der Waals surface area contributed by atoms with Gasteiger partial charge in [0.25, 0.3) is 0 Å². The summed E-state index contributed by atoms with van der Waals surface area (Å²) in [5, 5.41) is 1.02. The van der Waals surface area contributed by atoms with Gasteiger partial charge >= 0.3 is 0 Å². The zero-order valence-electron chi connectivity index (χ0n) is 11.1. The highest BCUT2D eigenvalue weighted by molar-refractivity contribution is 7.77. The van der Waals surface area contributed by atoms with E-state index < -0.39 is 7.49 Å². The largest absolute Gasteiger partial charge is 0.495 e. The van der Waals surface area contributed by atoms with E-state index in [1.165, 1.54) is 0 Å². The first-order valence-corrected chi connectivity index (χ1v) is 8.46. The first-order chi connectivity index (χ1) is 8.59. The van der Waals surface area contributed by atoms with Gasteiger partial charge in [-0.1, -0.05) is 13.0 Å². The number of nitrogens with two attached hydrogens (primary N) is 1. The lowest BCUT2D eigenvalue weighted by molar-refractivity contribution is 0.308. The van der Waals surface area contributed by atoms with Gasteiger partial charge in [-0.15, -0.1) is 0 Å². The van der Waals surface area contributed by atoms with E-state index in [1.54, 1.807) is 7.11 Å². The molecule has 1 fully saturated rings. The Kier molecular flexibility index (Phi) is 4.10. The highest BCUT2D eigenvalue weighted by Gasteiger charge is 2.32. The molecule has 1 aromatic carbocycles. The molecular formula is C13H22N2O2P. The minimum Gasteiger partial charge on any atom is -0.495 e. The normalized spacial score (nSPS) is 19.7. The van der Waals surface area contributed by atoms with Crippen LogP contribution >= 0.6 is 7.49 Å². The molecule has 101 valence electrons. The van der Waals surface area contributed by atoms with Crippen LogP contribution in [0.5, 0.6) is 5.75 Å². The molecule has 3 N–H and O–H groups in total. The van der Waals surface area contributed by atoms with E-state index in [1.807, 2.05) is 18.2 Å². The van der Waals surface area contributed by atoms with Crippen molar-refractivity contribution in [3.8, 4) is 5.75 Å². The van der Waals surface area contributed by atoms with Crippen LogP contribution < -0.4 is 15.8 Å². The first-order valence-electron chi connectivity index (χ1n) is 6.35. The minimum absolute atomic E-state index is 0.625. The zero-order valence-corrected chi connectivity index (χ0v) is 12.0. The standard InChI is InChI=1S/C13H22N2O2P/c1-3-15-6-8-18(16,9-7-15)11-4-5-12(14)13(10-11)17-2/h4-5,10,16H,3,6-9,14H2,1-2H3. The average Bonchev–Trinajstić information content (AvgIpc) is 2.40. The van der Waals surface area contributed by atoms with Crippen molar-refractivity contribution in [1.29, 1.82) is 0 Å². The summed E-state index contributed by atoms with van der Waals surface area (Å²) in [6, 6.07) is 5.69. The maximum atomic E-state index is 10.9. The van der Waals surface area contributed by atoms with Crippen molar-refractivity contribution >= 4 is 18.5 Å². The van der Waals surface area contributed by atoms with Gasteiger partial charge in [-0.05, 0) is 18.7 Å². The van der Waals surface area contributed by atoms with Gasteiger partial charge in [0.1, 0.15) is 5.75 Å². The van der Waals surface area contributed by atoms with Gasteiger partial charge in [-0.25, -0.2) is 0 Å². The molecule has 1 radical (unpaired) electrons. The third-order valence-corrected chi connectivity index (χ3v) is 6.84. The van der Waals surface area contributed by atoms with E-state index in [0.717, 1.165) is 37.3 Å². The number of benzene rings is 1. The van der Waals surface area contributed by atoms with Gasteiger partial charge in [0.05, 0.1) is 12.8 Å². The molecule has 0 amide bonds. The summed E-state index contributed by atoms with van der Waals surface area (Å²) in [6.45, 7) is 5.18. The van der Waals surface area contributed by atoms with Crippen molar-refractivity contribution in [2.45, 2.75) is 6.92 Å². The predicted molar refractivity (Wildman–Crippen MR) is 78.0 cm³/mol. The van der Waals surface area contributed by atoms with E-state index in [0.29, 0.717) is 11.4 Å². The smallest absolute Gasteiger partial charge is 0.142 e. The summed E-state index contributed by atoms with van der Waals surface area (Å²) in [6.07, 6.45) is 1.74. The number of hydrogen-bond acceptors (Lipinski definition) is 4. The summed E-state index contributed by atoms with van der Waals surface area (Å²) in [4.78, 5) is 13.2. The fourth-order valence-corrected chi connectivity index (χ4v) is 5.05. The molecule has 1 saturated heterocycles. The highest BCUT2D eigenvalue weighted by atomic mass is 31.2. The molecule has 0 unspecified atom stereocenters. The monoisotopic (exact) mass is 269 g/mol. The third kappa shape index (κ3) is 2.61. The van der Waals surface area contributed by atoms with Crippen LogP contribution in [0.2, 0.25) is 0 Å². The van der Waals surface area contributed by atoms with Crippen molar-refractivity contribution < 1.29 is 9.63 Å². The Morgan fingerprint density at radius 1 is 1.39 bits per heavy atom. The van der Waals surface area contributed by atoms with Crippen LogP contribution in [0, 0.1) is 0 Å². The topological polar surface area (TPSA) is 58.7 Å². The Bertz CT molecular complexity index is 417. The quantitative estimate of drug-likeness (QED) is 0.638. The van der Waals surface area contributed by atoms with Crippen LogP contribution in [-0.2, 0) is 0 Å². The lowest BCUT2D eigenvalue weighted by atomic mass is 10.3. The Labute approximate surface area is 109 Å². The fraction of sp³-hybridized carbons (Fsp3) is 0.538. The van der Waals surface area contributed by atoms with Crippen LogP contribution in [0.15, 0.2) is 18.2 Å². The van der Waals surface area contributed by atoms with Crippen molar-refractivity contribution in [3.05, 3.63) is 18.2 Å². The molecule has 0 bridgehead atoms. The number of rotatable bonds is 3. The second-order valence-corrected chi connectivity index (χ2v) is 7.99. The highest BCUT2D eigenvalue weighted by Crippen LogP contribution is 2.55. The van der Waals surface area contributed by atoms with Crippen LogP contribution in [0.1, 0.15) is 6.92 Å². The SMILES string of the molecule is CCN1CC[P](O)(c2ccc(N)c(OC)c2)CC1. The molecule has 0 spiro atoms. The van der Waals surface area contributed by atoms with Crippen molar-refractivity contribution in [2.75, 3.05) is 44.8 Å². The van der Waals surface area contributed by atoms with Gasteiger partial charge in [0, 0.05) is 38.2 Å². The summed E-state index contributed by atoms with van der Waals surface area (Å²) < 4.78 is 5.23. The number of nitrogens with zero attached hydrogens (tertiary/aromatic N) is 1. The van der Waals surface area contributed by atoms with E-state index in [-0.39, 0.29) is 0 Å². The first kappa shape index (κ1) is 13.6. The lowest BCUT2D eigenvalue weighted by Gasteiger charge is -2.39. The molecule has 0 aliphatic carbocycles. The molecule has 0 atom stereocenters. The van der Waals surface area contributed by atoms with Gasteiger partial charge in [0.15, 0.2) is 0 Å². The number of hydrogen-bond donors (Lipinski definition) is 2. The predicted octanol–water partition coefficient (Wildman–Crippen LogP) is 1.16. The van der Waals surface area contributed by atoms with Gasteiger partial charge in [-0.2, -0.15) is 0 Å². The summed E-state index contributed by atoms with van der Waals surface area (Å²) in [7, 11) is -0.395. The maximum Gasteiger partial charge on any atom is 0.142 e. The Morgan fingerprint density at radius 3 is 2.61 bits per heavy atom. The second-order valence-electron chi connectivity index (χ2n) is 4.73. The van der Waals surface area contributed by atoms with Gasteiger partial charge in [-0.3, -0.25) is 0 Å². The molecule has 1 aliphatic rings. The molecule has 5 heteroatoms. The Hall–Kier alpha value is -0.830. The average molecular weight is 269 g/mol. The third-order valence-electron chi connectivity index (χ3n) is 3.72. The molecule has 4 nitrogen and oxygen atoms in total. The summed E-state index contributed by atoms with van der Waals surface area (Å²) >= 11 is 0. The minimum atomic E-state index is -2.00. The summed E-state index contributed by atoms with van der Waals surface area (Å²) in [5.41, 5.74) is 6.44. The van der Waals surface area contributed by atoms with Crippen LogP contribution in [-0.4, -0.2) is 48.9 Å². The van der Waals surface area contributed by atoms with Crippen LogP contribution in [0.4, 0.5) is 5.69 Å².